The van der Waals surface area contributed by atoms with Crippen LogP contribution < -0.4 is 10.6 Å². The van der Waals surface area contributed by atoms with E-state index in [0.29, 0.717) is 11.5 Å². The highest BCUT2D eigenvalue weighted by atomic mass is 16.2. The molecule has 2 N–H and O–H groups in total. The quantitative estimate of drug-likeness (QED) is 0.855. The first-order valence-corrected chi connectivity index (χ1v) is 8.88. The molecule has 1 unspecified atom stereocenters. The second kappa shape index (κ2) is 7.11. The van der Waals surface area contributed by atoms with Crippen LogP contribution in [0.4, 0.5) is 10.5 Å². The maximum Gasteiger partial charge on any atom is 0.319 e. The van der Waals surface area contributed by atoms with E-state index < -0.39 is 0 Å². The van der Waals surface area contributed by atoms with Crippen LogP contribution in [0.2, 0.25) is 0 Å². The Morgan fingerprint density at radius 1 is 1.23 bits per heavy atom. The van der Waals surface area contributed by atoms with Crippen molar-refractivity contribution in [1.29, 1.82) is 0 Å². The summed E-state index contributed by atoms with van der Waals surface area (Å²) in [7, 11) is 0. The van der Waals surface area contributed by atoms with Crippen molar-refractivity contribution in [3.05, 3.63) is 36.2 Å². The van der Waals surface area contributed by atoms with Crippen molar-refractivity contribution in [2.45, 2.75) is 38.3 Å². The minimum Gasteiger partial charge on any atom is -0.341 e. The van der Waals surface area contributed by atoms with Crippen LogP contribution in [0.15, 0.2) is 24.5 Å². The van der Waals surface area contributed by atoms with Crippen molar-refractivity contribution in [3.63, 3.8) is 0 Å². The van der Waals surface area contributed by atoms with Gasteiger partial charge in [0.25, 0.3) is 0 Å². The summed E-state index contributed by atoms with van der Waals surface area (Å²) in [4.78, 5) is 30.7. The molecule has 9 heteroatoms. The molecule has 136 valence electrons. The lowest BCUT2D eigenvalue weighted by molar-refractivity contribution is -0.133. The minimum absolute atomic E-state index is 0.141. The van der Waals surface area contributed by atoms with Gasteiger partial charge in [-0.1, -0.05) is 0 Å². The van der Waals surface area contributed by atoms with Gasteiger partial charge in [0.1, 0.15) is 11.9 Å². The number of likely N-dealkylation sites (tertiary alicyclic amines) is 1. The topological polar surface area (TPSA) is 105 Å². The number of carbonyl (C=O) groups excluding carboxylic acids is 2. The fourth-order valence-electron chi connectivity index (χ4n) is 3.56. The van der Waals surface area contributed by atoms with Gasteiger partial charge in [-0.25, -0.2) is 4.79 Å². The van der Waals surface area contributed by atoms with Crippen LogP contribution in [0, 0.1) is 0 Å². The number of urea groups is 1. The van der Waals surface area contributed by atoms with Crippen molar-refractivity contribution in [1.82, 2.24) is 30.0 Å². The fraction of sp³-hybridized carbons (Fsp3) is 0.471. The summed E-state index contributed by atoms with van der Waals surface area (Å²) in [6.07, 6.45) is 6.82. The van der Waals surface area contributed by atoms with Crippen molar-refractivity contribution in [2.75, 3.05) is 18.4 Å². The predicted octanol–water partition coefficient (Wildman–Crippen LogP) is 1.10. The number of hydrogen-bond donors (Lipinski definition) is 2. The fourth-order valence-corrected chi connectivity index (χ4v) is 3.56. The van der Waals surface area contributed by atoms with E-state index in [4.69, 9.17) is 0 Å². The zero-order chi connectivity index (χ0) is 17.9. The maximum absolute atomic E-state index is 12.8. The van der Waals surface area contributed by atoms with Gasteiger partial charge in [-0.05, 0) is 31.4 Å². The molecule has 0 saturated carbocycles. The van der Waals surface area contributed by atoms with E-state index in [9.17, 15) is 9.59 Å². The Hall–Kier alpha value is -2.97. The zero-order valence-electron chi connectivity index (χ0n) is 14.4. The Balaban J connectivity index is 1.41. The van der Waals surface area contributed by atoms with Gasteiger partial charge < -0.3 is 20.1 Å². The van der Waals surface area contributed by atoms with Crippen molar-refractivity contribution in [2.24, 2.45) is 0 Å². The molecule has 1 saturated heterocycles. The molecule has 9 nitrogen and oxygen atoms in total. The first-order chi connectivity index (χ1) is 12.7. The normalized spacial score (nSPS) is 18.6. The average Bonchev–Trinajstić information content (AvgIpc) is 3.38. The molecule has 4 heterocycles. The Labute approximate surface area is 150 Å². The first-order valence-electron chi connectivity index (χ1n) is 8.88. The Bertz CT molecular complexity index is 799. The van der Waals surface area contributed by atoms with Gasteiger partial charge in [0.15, 0.2) is 5.82 Å². The van der Waals surface area contributed by atoms with Crippen LogP contribution in [-0.4, -0.2) is 49.7 Å². The molecule has 0 aliphatic carbocycles. The number of aryl methyl sites for hydroxylation is 1. The average molecular weight is 355 g/mol. The first kappa shape index (κ1) is 16.5. The lowest BCUT2D eigenvalue weighted by Gasteiger charge is -2.22. The third kappa shape index (κ3) is 3.24. The van der Waals surface area contributed by atoms with Crippen molar-refractivity contribution in [3.8, 4) is 0 Å². The maximum atomic E-state index is 12.8. The monoisotopic (exact) mass is 355 g/mol. The molecular formula is C17H21N7O2. The van der Waals surface area contributed by atoms with E-state index in [2.05, 4.69) is 25.8 Å². The number of aromatic nitrogens is 4. The molecular weight excluding hydrogens is 334 g/mol. The summed E-state index contributed by atoms with van der Waals surface area (Å²) in [5.74, 6) is 1.56. The van der Waals surface area contributed by atoms with E-state index in [1.165, 1.54) is 0 Å². The van der Waals surface area contributed by atoms with Gasteiger partial charge in [0.2, 0.25) is 5.91 Å². The lowest BCUT2D eigenvalue weighted by Crippen LogP contribution is -2.35. The van der Waals surface area contributed by atoms with Crippen molar-refractivity contribution < 1.29 is 9.59 Å². The zero-order valence-corrected chi connectivity index (χ0v) is 14.4. The van der Waals surface area contributed by atoms with Crippen molar-refractivity contribution >= 4 is 17.6 Å². The van der Waals surface area contributed by atoms with Crippen LogP contribution >= 0.6 is 0 Å². The number of rotatable bonds is 4. The molecule has 3 amide bonds. The number of carbonyl (C=O) groups is 2. The highest BCUT2D eigenvalue weighted by molar-refractivity contribution is 5.88. The smallest absolute Gasteiger partial charge is 0.319 e. The third-order valence-corrected chi connectivity index (χ3v) is 4.82. The summed E-state index contributed by atoms with van der Waals surface area (Å²) < 4.78 is 1.89. The molecule has 4 rings (SSSR count). The van der Waals surface area contributed by atoms with E-state index in [1.54, 1.807) is 24.5 Å². The minimum atomic E-state index is -0.351. The third-order valence-electron chi connectivity index (χ3n) is 4.82. The van der Waals surface area contributed by atoms with E-state index in [-0.39, 0.29) is 24.5 Å². The molecule has 2 aromatic heterocycles. The summed E-state index contributed by atoms with van der Waals surface area (Å²) >= 11 is 0. The molecule has 0 spiro atoms. The lowest BCUT2D eigenvalue weighted by atomic mass is 10.2. The molecule has 2 aliphatic heterocycles. The summed E-state index contributed by atoms with van der Waals surface area (Å²) in [6.45, 7) is 1.87. The van der Waals surface area contributed by atoms with Crippen LogP contribution in [0.5, 0.6) is 0 Å². The highest BCUT2D eigenvalue weighted by Crippen LogP contribution is 2.29. The summed E-state index contributed by atoms with van der Waals surface area (Å²) in [5, 5.41) is 13.8. The van der Waals surface area contributed by atoms with E-state index >= 15 is 0 Å². The SMILES string of the molecule is O=C(NCc1nnc2n1C(C(=O)N1CCCC1)CC2)Nc1cccnc1. The molecule has 1 fully saturated rings. The second-order valence-electron chi connectivity index (χ2n) is 6.54. The van der Waals surface area contributed by atoms with Gasteiger partial charge in [-0.2, -0.15) is 0 Å². The van der Waals surface area contributed by atoms with Gasteiger partial charge in [-0.15, -0.1) is 10.2 Å². The standard InChI is InChI=1S/C17H21N7O2/c25-16(23-8-1-2-9-23)13-5-6-14-21-22-15(24(13)14)11-19-17(26)20-12-4-3-7-18-10-12/h3-4,7,10,13H,1-2,5-6,8-9,11H2,(H2,19,20,26). The predicted molar refractivity (Wildman–Crippen MR) is 93.3 cm³/mol. The Kier molecular flexibility index (Phi) is 4.51. The summed E-state index contributed by atoms with van der Waals surface area (Å²) in [6, 6.07) is 2.90. The molecule has 2 aliphatic rings. The van der Waals surface area contributed by atoms with E-state index in [1.807, 2.05) is 9.47 Å². The Morgan fingerprint density at radius 3 is 2.85 bits per heavy atom. The van der Waals surface area contributed by atoms with Gasteiger partial charge in [0, 0.05) is 25.7 Å². The molecule has 2 aromatic rings. The van der Waals surface area contributed by atoms with Crippen LogP contribution in [0.3, 0.4) is 0 Å². The number of amides is 3. The molecule has 0 radical (unpaired) electrons. The van der Waals surface area contributed by atoms with Gasteiger partial charge in [-0.3, -0.25) is 9.78 Å². The number of fused-ring (bicyclic) bond motifs is 1. The van der Waals surface area contributed by atoms with Gasteiger partial charge in [0.05, 0.1) is 18.4 Å². The molecule has 1 atom stereocenters. The number of pyridine rings is 1. The number of hydrogen-bond acceptors (Lipinski definition) is 5. The van der Waals surface area contributed by atoms with Crippen LogP contribution in [0.1, 0.15) is 37.0 Å². The van der Waals surface area contributed by atoms with Gasteiger partial charge >= 0.3 is 6.03 Å². The molecule has 26 heavy (non-hydrogen) atoms. The number of nitrogens with one attached hydrogen (secondary N) is 2. The van der Waals surface area contributed by atoms with Crippen LogP contribution in [-0.2, 0) is 17.8 Å². The largest absolute Gasteiger partial charge is 0.341 e. The van der Waals surface area contributed by atoms with E-state index in [0.717, 1.165) is 44.6 Å². The van der Waals surface area contributed by atoms with Crippen LogP contribution in [0.25, 0.3) is 0 Å². The second-order valence-corrected chi connectivity index (χ2v) is 6.54. The summed E-state index contributed by atoms with van der Waals surface area (Å²) in [5.41, 5.74) is 0.610. The molecule has 0 bridgehead atoms. The highest BCUT2D eigenvalue weighted by Gasteiger charge is 2.35. The number of nitrogens with zero attached hydrogens (tertiary/aromatic N) is 5. The number of anilines is 1. The molecule has 0 aromatic carbocycles. The Morgan fingerprint density at radius 2 is 2.08 bits per heavy atom.